The molecule has 1 rings (SSSR count). The largest absolute Gasteiger partial charge is 0.452 e. The first-order valence-corrected chi connectivity index (χ1v) is 4.61. The Balaban J connectivity index is 2.51. The van der Waals surface area contributed by atoms with E-state index < -0.39 is 12.1 Å². The highest BCUT2D eigenvalue weighted by Gasteiger charge is 2.03. The first kappa shape index (κ1) is 11.2. The van der Waals surface area contributed by atoms with Crippen molar-refractivity contribution in [1.82, 2.24) is 0 Å². The van der Waals surface area contributed by atoms with E-state index >= 15 is 0 Å². The van der Waals surface area contributed by atoms with Crippen LogP contribution in [-0.2, 0) is 14.3 Å². The van der Waals surface area contributed by atoms with Gasteiger partial charge in [-0.05, 0) is 18.6 Å². The standard InChI is InChI=1S/C12H12O3/c1-10(9-13)15-12(14)8-7-11-5-3-2-4-6-11/h2-10H,1H3. The van der Waals surface area contributed by atoms with Gasteiger partial charge in [0.05, 0.1) is 0 Å². The molecule has 0 aliphatic rings. The third-order valence-corrected chi connectivity index (χ3v) is 1.71. The van der Waals surface area contributed by atoms with E-state index in [-0.39, 0.29) is 0 Å². The third kappa shape index (κ3) is 4.22. The lowest BCUT2D eigenvalue weighted by Crippen LogP contribution is -2.13. The number of hydrogen-bond donors (Lipinski definition) is 0. The van der Waals surface area contributed by atoms with Gasteiger partial charge < -0.3 is 4.74 Å². The van der Waals surface area contributed by atoms with Gasteiger partial charge in [-0.25, -0.2) is 4.79 Å². The summed E-state index contributed by atoms with van der Waals surface area (Å²) in [5.74, 6) is -0.515. The summed E-state index contributed by atoms with van der Waals surface area (Å²) in [6, 6.07) is 9.38. The Bertz CT molecular complexity index is 354. The summed E-state index contributed by atoms with van der Waals surface area (Å²) in [6.45, 7) is 1.52. The summed E-state index contributed by atoms with van der Waals surface area (Å²) in [5.41, 5.74) is 0.910. The Morgan fingerprint density at radius 2 is 2.00 bits per heavy atom. The second kappa shape index (κ2) is 5.75. The fourth-order valence-corrected chi connectivity index (χ4v) is 0.979. The Morgan fingerprint density at radius 3 is 2.60 bits per heavy atom. The van der Waals surface area contributed by atoms with Crippen LogP contribution in [0.2, 0.25) is 0 Å². The fraction of sp³-hybridized carbons (Fsp3) is 0.167. The van der Waals surface area contributed by atoms with Gasteiger partial charge in [0.2, 0.25) is 0 Å². The van der Waals surface area contributed by atoms with Crippen molar-refractivity contribution >= 4 is 18.3 Å². The first-order chi connectivity index (χ1) is 7.22. The van der Waals surface area contributed by atoms with Crippen LogP contribution in [0.25, 0.3) is 6.08 Å². The topological polar surface area (TPSA) is 43.4 Å². The Labute approximate surface area is 88.4 Å². The molecule has 1 unspecified atom stereocenters. The third-order valence-electron chi connectivity index (χ3n) is 1.71. The molecule has 0 radical (unpaired) electrons. The molecular formula is C12H12O3. The maximum absolute atomic E-state index is 11.1. The number of benzene rings is 1. The van der Waals surface area contributed by atoms with Crippen LogP contribution in [0, 0.1) is 0 Å². The zero-order chi connectivity index (χ0) is 11.1. The first-order valence-electron chi connectivity index (χ1n) is 4.61. The highest BCUT2D eigenvalue weighted by Crippen LogP contribution is 2.01. The van der Waals surface area contributed by atoms with Crippen LogP contribution in [-0.4, -0.2) is 18.4 Å². The maximum atomic E-state index is 11.1. The summed E-state index contributed by atoms with van der Waals surface area (Å²) in [7, 11) is 0. The Kier molecular flexibility index (Phi) is 4.29. The molecule has 1 atom stereocenters. The second-order valence-corrected chi connectivity index (χ2v) is 3.02. The number of rotatable bonds is 4. The maximum Gasteiger partial charge on any atom is 0.331 e. The highest BCUT2D eigenvalue weighted by molar-refractivity contribution is 5.88. The highest BCUT2D eigenvalue weighted by atomic mass is 16.5. The molecule has 15 heavy (non-hydrogen) atoms. The lowest BCUT2D eigenvalue weighted by Gasteiger charge is -2.02. The van der Waals surface area contributed by atoms with E-state index in [1.807, 2.05) is 30.3 Å². The van der Waals surface area contributed by atoms with Crippen molar-refractivity contribution in [3.05, 3.63) is 42.0 Å². The lowest BCUT2D eigenvalue weighted by atomic mass is 10.2. The molecule has 0 saturated heterocycles. The summed E-state index contributed by atoms with van der Waals surface area (Å²) in [5, 5.41) is 0. The van der Waals surface area contributed by atoms with Gasteiger partial charge in [0.1, 0.15) is 0 Å². The van der Waals surface area contributed by atoms with E-state index in [0.29, 0.717) is 6.29 Å². The zero-order valence-corrected chi connectivity index (χ0v) is 8.42. The van der Waals surface area contributed by atoms with Crippen LogP contribution < -0.4 is 0 Å². The minimum atomic E-state index is -0.696. The van der Waals surface area contributed by atoms with Gasteiger partial charge in [-0.3, -0.25) is 4.79 Å². The van der Waals surface area contributed by atoms with Crippen molar-refractivity contribution < 1.29 is 14.3 Å². The summed E-state index contributed by atoms with van der Waals surface area (Å²) in [6.07, 6.45) is 2.82. The Morgan fingerprint density at radius 1 is 1.33 bits per heavy atom. The van der Waals surface area contributed by atoms with E-state index in [1.165, 1.54) is 13.0 Å². The summed E-state index contributed by atoms with van der Waals surface area (Å²) in [4.78, 5) is 21.3. The molecule has 0 spiro atoms. The minimum absolute atomic E-state index is 0.515. The molecule has 78 valence electrons. The van der Waals surface area contributed by atoms with Crippen LogP contribution in [0.1, 0.15) is 12.5 Å². The van der Waals surface area contributed by atoms with Gasteiger partial charge in [0.15, 0.2) is 12.4 Å². The van der Waals surface area contributed by atoms with E-state index in [4.69, 9.17) is 4.74 Å². The molecule has 3 nitrogen and oxygen atoms in total. The van der Waals surface area contributed by atoms with Gasteiger partial charge >= 0.3 is 5.97 Å². The molecule has 0 aromatic heterocycles. The van der Waals surface area contributed by atoms with Gasteiger partial charge in [-0.2, -0.15) is 0 Å². The molecule has 0 saturated carbocycles. The number of hydrogen-bond acceptors (Lipinski definition) is 3. The second-order valence-electron chi connectivity index (χ2n) is 3.02. The zero-order valence-electron chi connectivity index (χ0n) is 8.42. The SMILES string of the molecule is CC(C=O)OC(=O)C=Cc1ccccc1. The Hall–Kier alpha value is -1.90. The van der Waals surface area contributed by atoms with Crippen LogP contribution in [0.4, 0.5) is 0 Å². The predicted octanol–water partition coefficient (Wildman–Crippen LogP) is 1.83. The smallest absolute Gasteiger partial charge is 0.331 e. The normalized spacial score (nSPS) is 12.3. The van der Waals surface area contributed by atoms with Crippen molar-refractivity contribution in [2.24, 2.45) is 0 Å². The molecule has 0 aliphatic heterocycles. The quantitative estimate of drug-likeness (QED) is 0.427. The molecule has 1 aromatic rings. The molecular weight excluding hydrogens is 192 g/mol. The average Bonchev–Trinajstić information content (AvgIpc) is 2.27. The van der Waals surface area contributed by atoms with Gasteiger partial charge in [-0.15, -0.1) is 0 Å². The molecule has 1 aromatic carbocycles. The predicted molar refractivity (Wildman–Crippen MR) is 57.1 cm³/mol. The summed E-state index contributed by atoms with van der Waals surface area (Å²) >= 11 is 0. The molecule has 0 aliphatic carbocycles. The number of esters is 1. The summed E-state index contributed by atoms with van der Waals surface area (Å²) < 4.78 is 4.73. The van der Waals surface area contributed by atoms with E-state index in [2.05, 4.69) is 0 Å². The van der Waals surface area contributed by atoms with Gasteiger partial charge in [-0.1, -0.05) is 30.3 Å². The minimum Gasteiger partial charge on any atom is -0.452 e. The van der Waals surface area contributed by atoms with Crippen molar-refractivity contribution in [2.45, 2.75) is 13.0 Å². The molecule has 3 heteroatoms. The molecule has 0 amide bonds. The van der Waals surface area contributed by atoms with Crippen molar-refractivity contribution in [1.29, 1.82) is 0 Å². The fourth-order valence-electron chi connectivity index (χ4n) is 0.979. The number of ether oxygens (including phenoxy) is 1. The van der Waals surface area contributed by atoms with Crippen molar-refractivity contribution in [3.63, 3.8) is 0 Å². The van der Waals surface area contributed by atoms with E-state index in [1.54, 1.807) is 6.08 Å². The number of carbonyl (C=O) groups excluding carboxylic acids is 2. The van der Waals surface area contributed by atoms with Crippen molar-refractivity contribution in [2.75, 3.05) is 0 Å². The monoisotopic (exact) mass is 204 g/mol. The molecule has 0 bridgehead atoms. The van der Waals surface area contributed by atoms with Gasteiger partial charge in [0.25, 0.3) is 0 Å². The van der Waals surface area contributed by atoms with Crippen LogP contribution in [0.3, 0.4) is 0 Å². The van der Waals surface area contributed by atoms with Crippen LogP contribution in [0.5, 0.6) is 0 Å². The lowest BCUT2D eigenvalue weighted by molar-refractivity contribution is -0.145. The number of aldehydes is 1. The van der Waals surface area contributed by atoms with Crippen molar-refractivity contribution in [3.8, 4) is 0 Å². The molecule has 0 heterocycles. The van der Waals surface area contributed by atoms with Crippen LogP contribution in [0.15, 0.2) is 36.4 Å². The average molecular weight is 204 g/mol. The van der Waals surface area contributed by atoms with Crippen LogP contribution >= 0.6 is 0 Å². The molecule has 0 fully saturated rings. The van der Waals surface area contributed by atoms with Gasteiger partial charge in [0, 0.05) is 6.08 Å². The molecule has 0 N–H and O–H groups in total. The van der Waals surface area contributed by atoms with E-state index in [0.717, 1.165) is 5.56 Å². The van der Waals surface area contributed by atoms with E-state index in [9.17, 15) is 9.59 Å². The number of carbonyl (C=O) groups is 2.